The van der Waals surface area contributed by atoms with Gasteiger partial charge in [-0.05, 0) is 31.2 Å². The van der Waals surface area contributed by atoms with E-state index in [0.29, 0.717) is 17.6 Å². The molecule has 3 rings (SSSR count). The Morgan fingerprint density at radius 3 is 2.65 bits per heavy atom. The summed E-state index contributed by atoms with van der Waals surface area (Å²) in [5, 5.41) is 2.23. The molecule has 8 heteroatoms. The van der Waals surface area contributed by atoms with Crippen LogP contribution in [0.1, 0.15) is 6.92 Å². The highest BCUT2D eigenvalue weighted by molar-refractivity contribution is 5.95. The Morgan fingerprint density at radius 2 is 1.92 bits per heavy atom. The van der Waals surface area contributed by atoms with E-state index in [1.165, 1.54) is 6.92 Å². The van der Waals surface area contributed by atoms with Crippen LogP contribution in [0.2, 0.25) is 0 Å². The van der Waals surface area contributed by atoms with E-state index in [4.69, 9.17) is 14.2 Å². The van der Waals surface area contributed by atoms with Gasteiger partial charge in [0, 0.05) is 6.07 Å². The van der Waals surface area contributed by atoms with Crippen LogP contribution in [-0.4, -0.2) is 30.7 Å². The molecule has 1 heterocycles. The van der Waals surface area contributed by atoms with Crippen LogP contribution >= 0.6 is 0 Å². The van der Waals surface area contributed by atoms with Crippen LogP contribution in [0.5, 0.6) is 11.5 Å². The summed E-state index contributed by atoms with van der Waals surface area (Å²) in [5.41, 5.74) is -0.217. The van der Waals surface area contributed by atoms with E-state index in [0.717, 1.165) is 12.1 Å². The number of rotatable bonds is 4. The van der Waals surface area contributed by atoms with Crippen molar-refractivity contribution in [2.45, 2.75) is 19.1 Å². The SMILES string of the molecule is C[C@H](OC(=O)[C@@H]1COc2ccccc2O1)C(=O)Nc1ccc(F)cc1F. The number of hydrogen-bond acceptors (Lipinski definition) is 5. The number of fused-ring (bicyclic) bond motifs is 1. The Labute approximate surface area is 147 Å². The fraction of sp³-hybridized carbons (Fsp3) is 0.222. The van der Waals surface area contributed by atoms with Crippen molar-refractivity contribution in [1.29, 1.82) is 0 Å². The number of amides is 1. The maximum atomic E-state index is 13.6. The van der Waals surface area contributed by atoms with Crippen molar-refractivity contribution in [2.75, 3.05) is 11.9 Å². The quantitative estimate of drug-likeness (QED) is 0.846. The molecule has 1 aliphatic heterocycles. The Bertz CT molecular complexity index is 842. The van der Waals surface area contributed by atoms with Crippen molar-refractivity contribution < 1.29 is 32.6 Å². The summed E-state index contributed by atoms with van der Waals surface area (Å²) in [4.78, 5) is 24.2. The maximum absolute atomic E-state index is 13.6. The molecule has 0 bridgehead atoms. The average Bonchev–Trinajstić information content (AvgIpc) is 2.63. The number of hydrogen-bond donors (Lipinski definition) is 1. The van der Waals surface area contributed by atoms with Crippen LogP contribution in [0.15, 0.2) is 42.5 Å². The zero-order valence-electron chi connectivity index (χ0n) is 13.7. The van der Waals surface area contributed by atoms with E-state index in [2.05, 4.69) is 5.32 Å². The highest BCUT2D eigenvalue weighted by Crippen LogP contribution is 2.31. The number of carbonyl (C=O) groups is 2. The van der Waals surface area contributed by atoms with Crippen molar-refractivity contribution in [3.63, 3.8) is 0 Å². The monoisotopic (exact) mass is 363 g/mol. The van der Waals surface area contributed by atoms with Crippen LogP contribution in [0.3, 0.4) is 0 Å². The molecular formula is C18H15F2NO5. The first-order valence-corrected chi connectivity index (χ1v) is 7.79. The molecule has 0 saturated heterocycles. The van der Waals surface area contributed by atoms with Gasteiger partial charge in [-0.3, -0.25) is 4.79 Å². The van der Waals surface area contributed by atoms with E-state index in [1.54, 1.807) is 24.3 Å². The maximum Gasteiger partial charge on any atom is 0.351 e. The van der Waals surface area contributed by atoms with Gasteiger partial charge in [0.15, 0.2) is 17.6 Å². The van der Waals surface area contributed by atoms with Gasteiger partial charge in [0.25, 0.3) is 5.91 Å². The molecule has 0 unspecified atom stereocenters. The Morgan fingerprint density at radius 1 is 1.19 bits per heavy atom. The smallest absolute Gasteiger partial charge is 0.351 e. The number of benzene rings is 2. The summed E-state index contributed by atoms with van der Waals surface area (Å²) in [6.07, 6.45) is -2.24. The van der Waals surface area contributed by atoms with Crippen LogP contribution < -0.4 is 14.8 Å². The van der Waals surface area contributed by atoms with E-state index in [9.17, 15) is 18.4 Å². The molecule has 2 aromatic carbocycles. The lowest BCUT2D eigenvalue weighted by molar-refractivity contribution is -0.162. The highest BCUT2D eigenvalue weighted by Gasteiger charge is 2.31. The van der Waals surface area contributed by atoms with Gasteiger partial charge in [0.1, 0.15) is 18.2 Å². The predicted octanol–water partition coefficient (Wildman–Crippen LogP) is 2.67. The molecule has 0 saturated carbocycles. The lowest BCUT2D eigenvalue weighted by Crippen LogP contribution is -2.41. The minimum absolute atomic E-state index is 0.0588. The second kappa shape index (κ2) is 7.38. The molecule has 2 atom stereocenters. The molecule has 1 N–H and O–H groups in total. The Balaban J connectivity index is 1.58. The Hall–Kier alpha value is -3.16. The van der Waals surface area contributed by atoms with Crippen molar-refractivity contribution >= 4 is 17.6 Å². The third-order valence-corrected chi connectivity index (χ3v) is 3.62. The van der Waals surface area contributed by atoms with Gasteiger partial charge in [0.2, 0.25) is 6.10 Å². The lowest BCUT2D eigenvalue weighted by Gasteiger charge is -2.25. The fourth-order valence-corrected chi connectivity index (χ4v) is 2.26. The lowest BCUT2D eigenvalue weighted by atomic mass is 10.2. The first-order valence-electron chi connectivity index (χ1n) is 7.79. The van der Waals surface area contributed by atoms with Crippen LogP contribution in [0.25, 0.3) is 0 Å². The molecular weight excluding hydrogens is 348 g/mol. The van der Waals surface area contributed by atoms with Crippen molar-refractivity contribution in [3.05, 3.63) is 54.1 Å². The zero-order chi connectivity index (χ0) is 18.7. The molecule has 2 aromatic rings. The molecule has 0 aromatic heterocycles. The van der Waals surface area contributed by atoms with Crippen LogP contribution in [0, 0.1) is 11.6 Å². The number of carbonyl (C=O) groups excluding carboxylic acids is 2. The second-order valence-corrected chi connectivity index (χ2v) is 5.56. The third-order valence-electron chi connectivity index (χ3n) is 3.62. The van der Waals surface area contributed by atoms with Gasteiger partial charge in [-0.15, -0.1) is 0 Å². The van der Waals surface area contributed by atoms with Crippen molar-refractivity contribution in [1.82, 2.24) is 0 Å². The largest absolute Gasteiger partial charge is 0.485 e. The van der Waals surface area contributed by atoms with Crippen LogP contribution in [0.4, 0.5) is 14.5 Å². The molecule has 1 aliphatic rings. The topological polar surface area (TPSA) is 73.9 Å². The van der Waals surface area contributed by atoms with E-state index in [1.807, 2.05) is 0 Å². The number of ether oxygens (including phenoxy) is 3. The number of esters is 1. The number of para-hydroxylation sites is 2. The highest BCUT2D eigenvalue weighted by atomic mass is 19.1. The van der Waals surface area contributed by atoms with Crippen LogP contribution in [-0.2, 0) is 14.3 Å². The third kappa shape index (κ3) is 3.90. The molecule has 0 spiro atoms. The average molecular weight is 363 g/mol. The van der Waals surface area contributed by atoms with Gasteiger partial charge in [-0.2, -0.15) is 0 Å². The standard InChI is InChI=1S/C18H15F2NO5/c1-10(17(22)21-13-7-6-11(19)8-12(13)20)25-18(23)16-9-24-14-4-2-3-5-15(14)26-16/h2-8,10,16H,9H2,1H3,(H,21,22)/t10-,16-/m0/s1. The number of nitrogens with one attached hydrogen (secondary N) is 1. The number of anilines is 1. The predicted molar refractivity (Wildman–Crippen MR) is 86.9 cm³/mol. The van der Waals surface area contributed by atoms with Crippen molar-refractivity contribution in [2.24, 2.45) is 0 Å². The molecule has 0 radical (unpaired) electrons. The summed E-state index contributed by atoms with van der Waals surface area (Å²) in [5.74, 6) is -2.35. The Kier molecular flexibility index (Phi) is 5.01. The normalized spacial score (nSPS) is 16.5. The second-order valence-electron chi connectivity index (χ2n) is 5.56. The number of halogens is 2. The molecule has 0 fully saturated rings. The van der Waals surface area contributed by atoms with E-state index in [-0.39, 0.29) is 12.3 Å². The minimum atomic E-state index is -1.22. The summed E-state index contributed by atoms with van der Waals surface area (Å²) in [6, 6.07) is 9.54. The molecule has 1 amide bonds. The van der Waals surface area contributed by atoms with Crippen molar-refractivity contribution in [3.8, 4) is 11.5 Å². The zero-order valence-corrected chi connectivity index (χ0v) is 13.7. The molecule has 0 aliphatic carbocycles. The molecule has 26 heavy (non-hydrogen) atoms. The summed E-state index contributed by atoms with van der Waals surface area (Å²) < 4.78 is 42.4. The van der Waals surface area contributed by atoms with Gasteiger partial charge in [-0.1, -0.05) is 12.1 Å². The summed E-state index contributed by atoms with van der Waals surface area (Å²) >= 11 is 0. The van der Waals surface area contributed by atoms with E-state index < -0.39 is 35.7 Å². The van der Waals surface area contributed by atoms with E-state index >= 15 is 0 Å². The van der Waals surface area contributed by atoms with Gasteiger partial charge >= 0.3 is 5.97 Å². The molecule has 6 nitrogen and oxygen atoms in total. The van der Waals surface area contributed by atoms with Gasteiger partial charge in [-0.25, -0.2) is 13.6 Å². The first-order chi connectivity index (χ1) is 12.4. The molecule has 136 valence electrons. The first kappa shape index (κ1) is 17.7. The summed E-state index contributed by atoms with van der Waals surface area (Å²) in [6.45, 7) is 1.27. The van der Waals surface area contributed by atoms with Gasteiger partial charge < -0.3 is 19.5 Å². The van der Waals surface area contributed by atoms with Gasteiger partial charge in [0.05, 0.1) is 5.69 Å². The minimum Gasteiger partial charge on any atom is -0.485 e. The summed E-state index contributed by atoms with van der Waals surface area (Å²) in [7, 11) is 0. The fourth-order valence-electron chi connectivity index (χ4n) is 2.26.